The van der Waals surface area contributed by atoms with Gasteiger partial charge in [0.2, 0.25) is 11.9 Å². The smallest absolute Gasteiger partial charge is 0.372 e. The summed E-state index contributed by atoms with van der Waals surface area (Å²) in [5.41, 5.74) is 1.92. The van der Waals surface area contributed by atoms with E-state index < -0.39 is 11.7 Å². The fourth-order valence-electron chi connectivity index (χ4n) is 5.75. The minimum atomic E-state index is -4.61. The first-order valence-corrected chi connectivity index (χ1v) is 14.6. The molecule has 1 amide bonds. The molecule has 0 spiro atoms. The molecule has 42 heavy (non-hydrogen) atoms. The monoisotopic (exact) mass is 591 g/mol. The van der Waals surface area contributed by atoms with Crippen molar-refractivity contribution >= 4 is 29.0 Å². The second-order valence-electron chi connectivity index (χ2n) is 12.4. The summed E-state index contributed by atoms with van der Waals surface area (Å²) in [7, 11) is 2.17. The van der Waals surface area contributed by atoms with Crippen LogP contribution in [0.15, 0.2) is 24.4 Å². The van der Waals surface area contributed by atoms with Crippen LogP contribution in [0.2, 0.25) is 0 Å². The van der Waals surface area contributed by atoms with E-state index in [0.717, 1.165) is 49.1 Å². The Balaban J connectivity index is 1.48. The summed E-state index contributed by atoms with van der Waals surface area (Å²) in [6.45, 7) is 14.6. The number of likely N-dealkylation sites (N-methyl/N-ethyl adjacent to an activating group) is 1. The maximum atomic E-state index is 13.8. The highest BCUT2D eigenvalue weighted by Gasteiger charge is 2.42. The number of rotatable bonds is 9. The van der Waals surface area contributed by atoms with Crippen LogP contribution in [0, 0.1) is 0 Å². The number of benzene rings is 1. The lowest BCUT2D eigenvalue weighted by Crippen LogP contribution is -2.67. The number of aromatic nitrogens is 2. The summed E-state index contributed by atoms with van der Waals surface area (Å²) in [5.74, 6) is -0.313. The van der Waals surface area contributed by atoms with Crippen LogP contribution in [0.5, 0.6) is 0 Å². The van der Waals surface area contributed by atoms with Gasteiger partial charge in [-0.2, -0.15) is 18.2 Å². The van der Waals surface area contributed by atoms with E-state index in [-0.39, 0.29) is 41.9 Å². The molecule has 0 aliphatic carbocycles. The molecular weight excluding hydrogens is 547 g/mol. The minimum absolute atomic E-state index is 0.0143. The highest BCUT2D eigenvalue weighted by Crippen LogP contribution is 2.36. The number of piperazine rings is 1. The molecule has 0 bridgehead atoms. The standard InChI is InChI=1S/C30H44F3N7O2/c1-7-21-16-22(40-19-28(2,3)38(6)29(4,5)20-40)10-11-24(21)36-27-35-17-23(30(31,32)33)26(37-27)34-12-8-13-39-14-9-15-42-18-25(39)41/h10-11,16-17H,7-9,12-15,18-20H2,1-6H3,(H2,34,35,36,37). The molecule has 2 saturated heterocycles. The molecule has 232 valence electrons. The molecule has 2 aromatic rings. The maximum Gasteiger partial charge on any atom is 0.421 e. The van der Waals surface area contributed by atoms with Gasteiger partial charge in [0, 0.05) is 68.0 Å². The van der Waals surface area contributed by atoms with Gasteiger partial charge < -0.3 is 25.2 Å². The molecule has 0 atom stereocenters. The van der Waals surface area contributed by atoms with Gasteiger partial charge >= 0.3 is 6.18 Å². The van der Waals surface area contributed by atoms with Crippen LogP contribution in [0.1, 0.15) is 58.6 Å². The minimum Gasteiger partial charge on any atom is -0.372 e. The Morgan fingerprint density at radius 3 is 2.50 bits per heavy atom. The Kier molecular flexibility index (Phi) is 9.56. The quantitative estimate of drug-likeness (QED) is 0.387. The van der Waals surface area contributed by atoms with Crippen molar-refractivity contribution in [2.75, 3.05) is 68.5 Å². The number of ether oxygens (including phenoxy) is 1. The van der Waals surface area contributed by atoms with Crippen molar-refractivity contribution in [1.82, 2.24) is 19.8 Å². The Hall–Kier alpha value is -3.12. The van der Waals surface area contributed by atoms with Crippen molar-refractivity contribution in [2.24, 2.45) is 0 Å². The number of halogens is 3. The largest absolute Gasteiger partial charge is 0.421 e. The highest BCUT2D eigenvalue weighted by molar-refractivity contribution is 5.77. The van der Waals surface area contributed by atoms with Gasteiger partial charge in [-0.1, -0.05) is 6.92 Å². The number of alkyl halides is 3. The van der Waals surface area contributed by atoms with Gasteiger partial charge in [0.05, 0.1) is 0 Å². The summed E-state index contributed by atoms with van der Waals surface area (Å²) in [5, 5.41) is 5.97. The molecular formula is C30H44F3N7O2. The predicted octanol–water partition coefficient (Wildman–Crippen LogP) is 5.16. The van der Waals surface area contributed by atoms with Gasteiger partial charge in [-0.15, -0.1) is 0 Å². The number of amides is 1. The van der Waals surface area contributed by atoms with Crippen molar-refractivity contribution in [3.63, 3.8) is 0 Å². The molecule has 3 heterocycles. The Bertz CT molecular complexity index is 1230. The lowest BCUT2D eigenvalue weighted by atomic mass is 9.88. The summed E-state index contributed by atoms with van der Waals surface area (Å²) in [4.78, 5) is 26.8. The van der Waals surface area contributed by atoms with Crippen molar-refractivity contribution in [3.8, 4) is 0 Å². The lowest BCUT2D eigenvalue weighted by molar-refractivity contribution is -0.137. The Morgan fingerprint density at radius 1 is 1.12 bits per heavy atom. The molecule has 0 unspecified atom stereocenters. The van der Waals surface area contributed by atoms with Crippen LogP contribution in [-0.2, 0) is 22.1 Å². The lowest BCUT2D eigenvalue weighted by Gasteiger charge is -2.55. The summed E-state index contributed by atoms with van der Waals surface area (Å²) >= 11 is 0. The van der Waals surface area contributed by atoms with Crippen molar-refractivity contribution < 1.29 is 22.7 Å². The number of nitrogens with one attached hydrogen (secondary N) is 2. The van der Waals surface area contributed by atoms with Gasteiger partial charge in [0.15, 0.2) is 0 Å². The first-order valence-electron chi connectivity index (χ1n) is 14.6. The molecule has 1 aromatic carbocycles. The molecule has 0 radical (unpaired) electrons. The van der Waals surface area contributed by atoms with E-state index in [9.17, 15) is 18.0 Å². The first kappa shape index (κ1) is 31.8. The third-order valence-corrected chi connectivity index (χ3v) is 8.34. The molecule has 1 aromatic heterocycles. The van der Waals surface area contributed by atoms with E-state index in [1.807, 2.05) is 19.1 Å². The SMILES string of the molecule is CCc1cc(N2CC(C)(C)N(C)C(C)(C)C2)ccc1Nc1ncc(C(F)(F)F)c(NCCCN2CCCOCC2=O)n1. The number of nitrogens with zero attached hydrogens (tertiary/aromatic N) is 5. The summed E-state index contributed by atoms with van der Waals surface area (Å²) in [6.07, 6.45) is -1.87. The molecule has 2 fully saturated rings. The van der Waals surface area contributed by atoms with E-state index in [4.69, 9.17) is 4.74 Å². The molecule has 4 rings (SSSR count). The average molecular weight is 592 g/mol. The highest BCUT2D eigenvalue weighted by atomic mass is 19.4. The number of carbonyl (C=O) groups is 1. The third-order valence-electron chi connectivity index (χ3n) is 8.34. The predicted molar refractivity (Wildman–Crippen MR) is 159 cm³/mol. The van der Waals surface area contributed by atoms with Gasteiger partial charge in [0.25, 0.3) is 0 Å². The first-order chi connectivity index (χ1) is 19.7. The number of hydrogen-bond donors (Lipinski definition) is 2. The zero-order chi connectivity index (χ0) is 30.7. The van der Waals surface area contributed by atoms with Crippen LogP contribution >= 0.6 is 0 Å². The van der Waals surface area contributed by atoms with E-state index in [1.165, 1.54) is 0 Å². The molecule has 0 saturated carbocycles. The molecule has 2 aliphatic rings. The number of aryl methyl sites for hydroxylation is 1. The van der Waals surface area contributed by atoms with Crippen molar-refractivity contribution in [2.45, 2.75) is 71.1 Å². The summed E-state index contributed by atoms with van der Waals surface area (Å²) < 4.78 is 46.5. The zero-order valence-corrected chi connectivity index (χ0v) is 25.6. The fourth-order valence-corrected chi connectivity index (χ4v) is 5.75. The van der Waals surface area contributed by atoms with Crippen molar-refractivity contribution in [3.05, 3.63) is 35.5 Å². The fraction of sp³-hybridized carbons (Fsp3) is 0.633. The number of carbonyl (C=O) groups excluding carboxylic acids is 1. The van der Waals surface area contributed by atoms with Gasteiger partial charge in [-0.05, 0) is 77.8 Å². The number of hydrogen-bond acceptors (Lipinski definition) is 8. The van der Waals surface area contributed by atoms with Gasteiger partial charge in [-0.25, -0.2) is 4.98 Å². The van der Waals surface area contributed by atoms with Crippen LogP contribution in [-0.4, -0.2) is 89.7 Å². The normalized spacial score (nSPS) is 19.5. The van der Waals surface area contributed by atoms with Gasteiger partial charge in [-0.3, -0.25) is 9.69 Å². The third kappa shape index (κ3) is 7.44. The molecule has 9 nitrogen and oxygen atoms in total. The summed E-state index contributed by atoms with van der Waals surface area (Å²) in [6, 6.07) is 6.12. The molecule has 2 aliphatic heterocycles. The van der Waals surface area contributed by atoms with Crippen LogP contribution in [0.4, 0.5) is 36.3 Å². The van der Waals surface area contributed by atoms with Gasteiger partial charge in [0.1, 0.15) is 18.0 Å². The maximum absolute atomic E-state index is 13.8. The second kappa shape index (κ2) is 12.6. The van der Waals surface area contributed by atoms with E-state index in [2.05, 4.69) is 71.2 Å². The number of anilines is 4. The Morgan fingerprint density at radius 2 is 1.83 bits per heavy atom. The second-order valence-corrected chi connectivity index (χ2v) is 12.4. The molecule has 2 N–H and O–H groups in total. The van der Waals surface area contributed by atoms with E-state index in [0.29, 0.717) is 26.1 Å². The van der Waals surface area contributed by atoms with E-state index in [1.54, 1.807) is 4.90 Å². The Labute approximate surface area is 246 Å². The van der Waals surface area contributed by atoms with Crippen LogP contribution in [0.25, 0.3) is 0 Å². The van der Waals surface area contributed by atoms with E-state index >= 15 is 0 Å². The van der Waals surface area contributed by atoms with Crippen LogP contribution in [0.3, 0.4) is 0 Å². The average Bonchev–Trinajstić information content (AvgIpc) is 3.12. The van der Waals surface area contributed by atoms with Crippen LogP contribution < -0.4 is 15.5 Å². The molecule has 12 heteroatoms. The van der Waals surface area contributed by atoms with Crippen molar-refractivity contribution in [1.29, 1.82) is 0 Å². The topological polar surface area (TPSA) is 85.9 Å². The zero-order valence-electron chi connectivity index (χ0n) is 25.6.